The maximum Gasteiger partial charge on any atom is 0.177 e. The second-order valence-corrected chi connectivity index (χ2v) is 5.57. The van der Waals surface area contributed by atoms with Crippen molar-refractivity contribution in [1.29, 1.82) is 0 Å². The van der Waals surface area contributed by atoms with Gasteiger partial charge in [0, 0.05) is 11.3 Å². The molecule has 0 atom stereocenters. The Morgan fingerprint density at radius 1 is 1.17 bits per heavy atom. The highest BCUT2D eigenvalue weighted by molar-refractivity contribution is 7.99. The van der Waals surface area contributed by atoms with Gasteiger partial charge in [0.2, 0.25) is 0 Å². The summed E-state index contributed by atoms with van der Waals surface area (Å²) in [6.07, 6.45) is 0.902. The van der Waals surface area contributed by atoms with Crippen molar-refractivity contribution in [1.82, 2.24) is 8.75 Å². The number of ether oxygens (including phenoxy) is 2. The minimum Gasteiger partial charge on any atom is -0.490 e. The SMILES string of the molecule is Clc1nsnc1Sc1ccc2c(c1)OCCCO2. The van der Waals surface area contributed by atoms with Crippen LogP contribution in [0, 0.1) is 0 Å². The predicted octanol–water partition coefficient (Wildman–Crippen LogP) is 3.50. The quantitative estimate of drug-likeness (QED) is 0.849. The molecule has 2 heterocycles. The first kappa shape index (κ1) is 12.1. The average molecular weight is 301 g/mol. The van der Waals surface area contributed by atoms with Crippen LogP contribution in [0.3, 0.4) is 0 Å². The van der Waals surface area contributed by atoms with Gasteiger partial charge in [-0.05, 0) is 18.2 Å². The number of fused-ring (bicyclic) bond motifs is 1. The zero-order valence-corrected chi connectivity index (χ0v) is 11.6. The van der Waals surface area contributed by atoms with Crippen molar-refractivity contribution in [2.45, 2.75) is 16.3 Å². The summed E-state index contributed by atoms with van der Waals surface area (Å²) in [6, 6.07) is 5.82. The van der Waals surface area contributed by atoms with Crippen molar-refractivity contribution < 1.29 is 9.47 Å². The lowest BCUT2D eigenvalue weighted by molar-refractivity contribution is 0.297. The Hall–Kier alpha value is -0.980. The Morgan fingerprint density at radius 2 is 2.00 bits per heavy atom. The molecule has 0 amide bonds. The van der Waals surface area contributed by atoms with Crippen LogP contribution in [-0.2, 0) is 0 Å². The first-order valence-electron chi connectivity index (χ1n) is 5.38. The largest absolute Gasteiger partial charge is 0.490 e. The van der Waals surface area contributed by atoms with Crippen LogP contribution in [0.4, 0.5) is 0 Å². The first-order valence-corrected chi connectivity index (χ1v) is 7.31. The van der Waals surface area contributed by atoms with Gasteiger partial charge in [-0.2, -0.15) is 8.75 Å². The van der Waals surface area contributed by atoms with Gasteiger partial charge in [-0.15, -0.1) is 0 Å². The topological polar surface area (TPSA) is 44.2 Å². The lowest BCUT2D eigenvalue weighted by atomic mass is 10.3. The average Bonchev–Trinajstić information content (AvgIpc) is 2.65. The minimum absolute atomic E-state index is 0.442. The van der Waals surface area contributed by atoms with E-state index >= 15 is 0 Å². The molecule has 18 heavy (non-hydrogen) atoms. The van der Waals surface area contributed by atoms with Crippen LogP contribution in [0.5, 0.6) is 11.5 Å². The van der Waals surface area contributed by atoms with Crippen molar-refractivity contribution in [3.05, 3.63) is 23.4 Å². The van der Waals surface area contributed by atoms with E-state index in [0.717, 1.165) is 39.6 Å². The van der Waals surface area contributed by atoms with E-state index in [9.17, 15) is 0 Å². The van der Waals surface area contributed by atoms with Crippen molar-refractivity contribution in [2.75, 3.05) is 13.2 Å². The molecular weight excluding hydrogens is 292 g/mol. The van der Waals surface area contributed by atoms with Gasteiger partial charge in [-0.25, -0.2) is 0 Å². The molecule has 1 aliphatic rings. The highest BCUT2D eigenvalue weighted by atomic mass is 35.5. The Kier molecular flexibility index (Phi) is 3.58. The van der Waals surface area contributed by atoms with Crippen LogP contribution in [0.1, 0.15) is 6.42 Å². The van der Waals surface area contributed by atoms with E-state index in [-0.39, 0.29) is 0 Å². The number of hydrogen-bond acceptors (Lipinski definition) is 6. The molecule has 1 aromatic heterocycles. The highest BCUT2D eigenvalue weighted by Crippen LogP contribution is 2.37. The summed E-state index contributed by atoms with van der Waals surface area (Å²) in [5, 5.41) is 1.16. The molecule has 1 aromatic carbocycles. The maximum absolute atomic E-state index is 5.92. The number of nitrogens with zero attached hydrogens (tertiary/aromatic N) is 2. The van der Waals surface area contributed by atoms with Crippen molar-refractivity contribution >= 4 is 35.1 Å². The van der Waals surface area contributed by atoms with Crippen LogP contribution < -0.4 is 9.47 Å². The molecule has 1 aliphatic heterocycles. The fraction of sp³-hybridized carbons (Fsp3) is 0.273. The molecule has 0 N–H and O–H groups in total. The van der Waals surface area contributed by atoms with Crippen LogP contribution in [0.15, 0.2) is 28.1 Å². The van der Waals surface area contributed by atoms with Crippen molar-refractivity contribution in [3.8, 4) is 11.5 Å². The summed E-state index contributed by atoms with van der Waals surface area (Å²) in [6.45, 7) is 1.38. The second kappa shape index (κ2) is 5.34. The van der Waals surface area contributed by atoms with Gasteiger partial charge in [0.1, 0.15) is 0 Å². The van der Waals surface area contributed by atoms with Gasteiger partial charge >= 0.3 is 0 Å². The second-order valence-electron chi connectivity index (χ2n) is 3.62. The summed E-state index contributed by atoms with van der Waals surface area (Å²) in [5.74, 6) is 1.57. The highest BCUT2D eigenvalue weighted by Gasteiger charge is 2.13. The monoisotopic (exact) mass is 300 g/mol. The predicted molar refractivity (Wildman–Crippen MR) is 71.1 cm³/mol. The van der Waals surface area contributed by atoms with E-state index in [1.807, 2.05) is 18.2 Å². The van der Waals surface area contributed by atoms with Crippen LogP contribution in [-0.4, -0.2) is 22.0 Å². The van der Waals surface area contributed by atoms with E-state index in [0.29, 0.717) is 18.4 Å². The molecule has 0 saturated heterocycles. The lowest BCUT2D eigenvalue weighted by Gasteiger charge is -2.08. The zero-order valence-electron chi connectivity index (χ0n) is 9.26. The van der Waals surface area contributed by atoms with E-state index in [4.69, 9.17) is 21.1 Å². The Balaban J connectivity index is 1.85. The summed E-state index contributed by atoms with van der Waals surface area (Å²) < 4.78 is 19.3. The maximum atomic E-state index is 5.92. The van der Waals surface area contributed by atoms with Crippen LogP contribution >= 0.6 is 35.1 Å². The summed E-state index contributed by atoms with van der Waals surface area (Å²) in [5.41, 5.74) is 0. The van der Waals surface area contributed by atoms with E-state index in [1.54, 1.807) is 0 Å². The molecule has 0 fully saturated rings. The van der Waals surface area contributed by atoms with Crippen LogP contribution in [0.2, 0.25) is 5.15 Å². The smallest absolute Gasteiger partial charge is 0.177 e. The van der Waals surface area contributed by atoms with Gasteiger partial charge in [-0.3, -0.25) is 0 Å². The summed E-state index contributed by atoms with van der Waals surface area (Å²) in [4.78, 5) is 1.01. The Morgan fingerprint density at radius 3 is 2.78 bits per heavy atom. The van der Waals surface area contributed by atoms with E-state index < -0.39 is 0 Å². The van der Waals surface area contributed by atoms with Gasteiger partial charge in [0.15, 0.2) is 21.7 Å². The summed E-state index contributed by atoms with van der Waals surface area (Å²) >= 11 is 8.50. The molecule has 4 nitrogen and oxygen atoms in total. The zero-order chi connectivity index (χ0) is 12.4. The van der Waals surface area contributed by atoms with Gasteiger partial charge in [-0.1, -0.05) is 23.4 Å². The molecule has 7 heteroatoms. The third-order valence-corrected chi connectivity index (χ3v) is 4.44. The lowest BCUT2D eigenvalue weighted by Crippen LogP contribution is -1.97. The molecule has 2 aromatic rings. The molecule has 94 valence electrons. The number of halogens is 1. The number of rotatable bonds is 2. The molecule has 0 saturated carbocycles. The molecular formula is C11H9ClN2O2S2. The number of aromatic nitrogens is 2. The number of benzene rings is 1. The van der Waals surface area contributed by atoms with Gasteiger partial charge in [0.05, 0.1) is 24.9 Å². The fourth-order valence-electron chi connectivity index (χ4n) is 1.55. The fourth-order valence-corrected chi connectivity index (χ4v) is 3.17. The molecule has 0 spiro atoms. The van der Waals surface area contributed by atoms with Crippen molar-refractivity contribution in [3.63, 3.8) is 0 Å². The third kappa shape index (κ3) is 2.55. The van der Waals surface area contributed by atoms with Crippen LogP contribution in [0.25, 0.3) is 0 Å². The third-order valence-electron chi connectivity index (χ3n) is 2.35. The molecule has 0 aliphatic carbocycles. The minimum atomic E-state index is 0.442. The van der Waals surface area contributed by atoms with E-state index in [2.05, 4.69) is 8.75 Å². The van der Waals surface area contributed by atoms with Crippen molar-refractivity contribution in [2.24, 2.45) is 0 Å². The molecule has 0 bridgehead atoms. The van der Waals surface area contributed by atoms with E-state index in [1.165, 1.54) is 11.8 Å². The molecule has 0 unspecified atom stereocenters. The number of hydrogen-bond donors (Lipinski definition) is 0. The first-order chi connectivity index (χ1) is 8.83. The summed E-state index contributed by atoms with van der Waals surface area (Å²) in [7, 11) is 0. The Bertz CT molecular complexity index is 562. The molecule has 0 radical (unpaired) electrons. The molecule has 3 rings (SSSR count). The Labute approximate surface area is 118 Å². The normalized spacial score (nSPS) is 14.3. The standard InChI is InChI=1S/C11H9ClN2O2S2/c12-10-11(14-18-13-10)17-7-2-3-8-9(6-7)16-5-1-4-15-8/h2-3,6H,1,4-5H2. The van der Waals surface area contributed by atoms with Gasteiger partial charge < -0.3 is 9.47 Å². The van der Waals surface area contributed by atoms with Gasteiger partial charge in [0.25, 0.3) is 0 Å².